The van der Waals surface area contributed by atoms with Gasteiger partial charge < -0.3 is 15.2 Å². The second-order valence-corrected chi connectivity index (χ2v) is 4.49. The van der Waals surface area contributed by atoms with E-state index < -0.39 is 0 Å². The Balaban J connectivity index is 2.00. The van der Waals surface area contributed by atoms with E-state index >= 15 is 0 Å². The third-order valence-corrected chi connectivity index (χ3v) is 2.96. The first-order chi connectivity index (χ1) is 8.97. The number of carbonyl (C=O) groups excluding carboxylic acids is 1. The Morgan fingerprint density at radius 3 is 2.79 bits per heavy atom. The van der Waals surface area contributed by atoms with Crippen LogP contribution in [0.25, 0.3) is 0 Å². The Labute approximate surface area is 111 Å². The van der Waals surface area contributed by atoms with Crippen LogP contribution in [-0.4, -0.2) is 32.8 Å². The van der Waals surface area contributed by atoms with Crippen molar-refractivity contribution in [1.82, 2.24) is 19.8 Å². The number of nitrogens with zero attached hydrogens (tertiary/aromatic N) is 4. The lowest BCUT2D eigenvalue weighted by Crippen LogP contribution is -2.30. The van der Waals surface area contributed by atoms with Gasteiger partial charge in [-0.25, -0.2) is 0 Å². The summed E-state index contributed by atoms with van der Waals surface area (Å²) in [5.41, 5.74) is 7.25. The molecule has 2 heterocycles. The van der Waals surface area contributed by atoms with Crippen LogP contribution >= 0.6 is 0 Å². The smallest absolute Gasteiger partial charge is 0.244 e. The van der Waals surface area contributed by atoms with Crippen molar-refractivity contribution in [1.29, 1.82) is 0 Å². The maximum atomic E-state index is 12.0. The summed E-state index contributed by atoms with van der Waals surface area (Å²) in [6.45, 7) is 4.33. The monoisotopic (exact) mass is 263 g/mol. The second kappa shape index (κ2) is 5.13. The Morgan fingerprint density at radius 1 is 1.53 bits per heavy atom. The summed E-state index contributed by atoms with van der Waals surface area (Å²) >= 11 is 0. The minimum Gasteiger partial charge on any atom is -0.382 e. The molecule has 2 aromatic rings. The van der Waals surface area contributed by atoms with Gasteiger partial charge in [0, 0.05) is 18.8 Å². The summed E-state index contributed by atoms with van der Waals surface area (Å²) < 4.78 is 6.59. The lowest BCUT2D eigenvalue weighted by molar-refractivity contribution is -0.131. The third kappa shape index (κ3) is 2.93. The van der Waals surface area contributed by atoms with Crippen molar-refractivity contribution in [3.8, 4) is 0 Å². The maximum Gasteiger partial charge on any atom is 0.244 e. The van der Waals surface area contributed by atoms with Gasteiger partial charge in [-0.2, -0.15) is 5.10 Å². The number of hydrogen-bond donors (Lipinski definition) is 1. The minimum atomic E-state index is -0.0527. The average Bonchev–Trinajstić information content (AvgIpc) is 2.89. The van der Waals surface area contributed by atoms with Gasteiger partial charge in [0.05, 0.1) is 12.2 Å². The summed E-state index contributed by atoms with van der Waals surface area (Å²) in [6.07, 6.45) is 1.68. The molecule has 2 N–H and O–H groups in total. The van der Waals surface area contributed by atoms with E-state index in [2.05, 4.69) is 10.3 Å². The number of amides is 1. The van der Waals surface area contributed by atoms with Gasteiger partial charge in [0.1, 0.15) is 18.1 Å². The molecular formula is C12H17N5O2. The highest BCUT2D eigenvalue weighted by molar-refractivity contribution is 5.75. The van der Waals surface area contributed by atoms with Crippen molar-refractivity contribution in [2.24, 2.45) is 0 Å². The fraction of sp³-hybridized carbons (Fsp3) is 0.417. The number of hydrogen-bond acceptors (Lipinski definition) is 5. The van der Waals surface area contributed by atoms with E-state index in [4.69, 9.17) is 10.3 Å². The number of anilines is 1. The van der Waals surface area contributed by atoms with Crippen LogP contribution in [0, 0.1) is 13.8 Å². The van der Waals surface area contributed by atoms with Crippen LogP contribution in [0.5, 0.6) is 0 Å². The zero-order chi connectivity index (χ0) is 14.0. The summed E-state index contributed by atoms with van der Waals surface area (Å²) in [6, 6.07) is 1.65. The molecule has 1 amide bonds. The van der Waals surface area contributed by atoms with E-state index in [-0.39, 0.29) is 12.5 Å². The molecule has 0 saturated heterocycles. The zero-order valence-electron chi connectivity index (χ0n) is 11.3. The van der Waals surface area contributed by atoms with Crippen molar-refractivity contribution >= 4 is 11.7 Å². The van der Waals surface area contributed by atoms with Crippen LogP contribution in [0.3, 0.4) is 0 Å². The van der Waals surface area contributed by atoms with Gasteiger partial charge in [0.25, 0.3) is 0 Å². The van der Waals surface area contributed by atoms with Crippen molar-refractivity contribution in [2.45, 2.75) is 26.9 Å². The number of likely N-dealkylation sites (N-methyl/N-ethyl adjacent to an activating group) is 1. The van der Waals surface area contributed by atoms with E-state index in [1.165, 1.54) is 4.68 Å². The van der Waals surface area contributed by atoms with Crippen LogP contribution in [-0.2, 0) is 17.9 Å². The van der Waals surface area contributed by atoms with E-state index in [0.717, 1.165) is 17.0 Å². The van der Waals surface area contributed by atoms with Gasteiger partial charge in [-0.05, 0) is 19.9 Å². The summed E-state index contributed by atoms with van der Waals surface area (Å²) in [5.74, 6) is 1.09. The number of nitrogen functional groups attached to an aromatic ring is 1. The van der Waals surface area contributed by atoms with Gasteiger partial charge in [0.2, 0.25) is 5.91 Å². The highest BCUT2D eigenvalue weighted by atomic mass is 16.5. The lowest BCUT2D eigenvalue weighted by Gasteiger charge is -2.16. The minimum absolute atomic E-state index is 0.0527. The van der Waals surface area contributed by atoms with Crippen LogP contribution in [0.1, 0.15) is 17.0 Å². The van der Waals surface area contributed by atoms with Crippen molar-refractivity contribution in [3.63, 3.8) is 0 Å². The van der Waals surface area contributed by atoms with Crippen LogP contribution < -0.4 is 5.73 Å². The standard InChI is InChI=1S/C12H17N5O2/c1-8-10(9(2)19-15-8)6-16(3)12(18)7-17-5-4-11(13)14-17/h4-5H,6-7H2,1-3H3,(H2,13,14). The second-order valence-electron chi connectivity index (χ2n) is 4.49. The van der Waals surface area contributed by atoms with Gasteiger partial charge in [-0.1, -0.05) is 5.16 Å². The maximum absolute atomic E-state index is 12.0. The zero-order valence-corrected chi connectivity index (χ0v) is 11.3. The lowest BCUT2D eigenvalue weighted by atomic mass is 10.2. The molecule has 0 aliphatic heterocycles. The van der Waals surface area contributed by atoms with E-state index in [1.807, 2.05) is 13.8 Å². The summed E-state index contributed by atoms with van der Waals surface area (Å²) in [5, 5.41) is 7.85. The molecule has 0 saturated carbocycles. The molecule has 0 aliphatic carbocycles. The predicted molar refractivity (Wildman–Crippen MR) is 69.1 cm³/mol. The molecule has 102 valence electrons. The molecule has 2 rings (SSSR count). The number of carbonyl (C=O) groups is 1. The fourth-order valence-electron chi connectivity index (χ4n) is 1.78. The molecule has 2 aromatic heterocycles. The third-order valence-electron chi connectivity index (χ3n) is 2.96. The topological polar surface area (TPSA) is 90.2 Å². The first-order valence-corrected chi connectivity index (χ1v) is 5.92. The van der Waals surface area contributed by atoms with E-state index in [0.29, 0.717) is 12.4 Å². The molecule has 19 heavy (non-hydrogen) atoms. The highest BCUT2D eigenvalue weighted by Crippen LogP contribution is 2.14. The summed E-state index contributed by atoms with van der Waals surface area (Å²) in [7, 11) is 1.74. The fourth-order valence-corrected chi connectivity index (χ4v) is 1.78. The van der Waals surface area contributed by atoms with Crippen molar-refractivity contribution in [2.75, 3.05) is 12.8 Å². The van der Waals surface area contributed by atoms with Crippen molar-refractivity contribution in [3.05, 3.63) is 29.3 Å². The molecule has 0 spiro atoms. The molecule has 7 nitrogen and oxygen atoms in total. The number of rotatable bonds is 4. The van der Waals surface area contributed by atoms with Crippen LogP contribution in [0.4, 0.5) is 5.82 Å². The first kappa shape index (κ1) is 13.1. The first-order valence-electron chi connectivity index (χ1n) is 5.92. The van der Waals surface area contributed by atoms with Gasteiger partial charge in [-0.3, -0.25) is 9.48 Å². The van der Waals surface area contributed by atoms with Crippen molar-refractivity contribution < 1.29 is 9.32 Å². The average molecular weight is 263 g/mol. The Morgan fingerprint density at radius 2 is 2.26 bits per heavy atom. The quantitative estimate of drug-likeness (QED) is 0.878. The summed E-state index contributed by atoms with van der Waals surface area (Å²) in [4.78, 5) is 13.7. The molecule has 0 unspecified atom stereocenters. The SMILES string of the molecule is Cc1noc(C)c1CN(C)C(=O)Cn1ccc(N)n1. The Bertz CT molecular complexity index is 567. The highest BCUT2D eigenvalue weighted by Gasteiger charge is 2.15. The van der Waals surface area contributed by atoms with Crippen LogP contribution in [0.2, 0.25) is 0 Å². The van der Waals surface area contributed by atoms with Crippen LogP contribution in [0.15, 0.2) is 16.8 Å². The number of nitrogens with two attached hydrogens (primary N) is 1. The Hall–Kier alpha value is -2.31. The molecule has 0 aliphatic rings. The predicted octanol–water partition coefficient (Wildman–Crippen LogP) is 0.729. The normalized spacial score (nSPS) is 10.7. The van der Waals surface area contributed by atoms with E-state index in [1.54, 1.807) is 24.2 Å². The molecule has 7 heteroatoms. The van der Waals surface area contributed by atoms with E-state index in [9.17, 15) is 4.79 Å². The molecular weight excluding hydrogens is 246 g/mol. The molecule has 0 bridgehead atoms. The molecule has 0 atom stereocenters. The van der Waals surface area contributed by atoms with Gasteiger partial charge in [-0.15, -0.1) is 0 Å². The molecule has 0 radical (unpaired) electrons. The number of aromatic nitrogens is 3. The van der Waals surface area contributed by atoms with Gasteiger partial charge >= 0.3 is 0 Å². The molecule has 0 fully saturated rings. The van der Waals surface area contributed by atoms with Gasteiger partial charge in [0.15, 0.2) is 0 Å². The Kier molecular flexibility index (Phi) is 3.55. The number of aryl methyl sites for hydroxylation is 2. The molecule has 0 aromatic carbocycles. The largest absolute Gasteiger partial charge is 0.382 e.